The molecule has 7 nitrogen and oxygen atoms in total. The van der Waals surface area contributed by atoms with Crippen LogP contribution in [0.25, 0.3) is 0 Å². The topological polar surface area (TPSA) is 91.4 Å². The van der Waals surface area contributed by atoms with Crippen LogP contribution in [-0.2, 0) is 27.2 Å². The minimum atomic E-state index is -0.425. The number of likely N-dealkylation sites (N-methyl/N-ethyl adjacent to an activating group) is 1. The SMILES string of the molecule is CN(CC(=O)Nc1c(Cl)cccc1Cl)C(=O)Cc1csc(NC(=O)Cc2cccs2)n1. The summed E-state index contributed by atoms with van der Waals surface area (Å²) < 4.78 is 0. The molecule has 0 spiro atoms. The molecule has 0 saturated carbocycles. The Labute approximate surface area is 197 Å². The highest BCUT2D eigenvalue weighted by Crippen LogP contribution is 2.29. The number of thiophene rings is 1. The third kappa shape index (κ3) is 6.76. The van der Waals surface area contributed by atoms with E-state index in [0.29, 0.717) is 26.6 Å². The van der Waals surface area contributed by atoms with Gasteiger partial charge in [0.05, 0.1) is 40.8 Å². The fourth-order valence-electron chi connectivity index (χ4n) is 2.57. The predicted molar refractivity (Wildman–Crippen MR) is 125 cm³/mol. The number of anilines is 2. The van der Waals surface area contributed by atoms with Gasteiger partial charge in [-0.2, -0.15) is 0 Å². The van der Waals surface area contributed by atoms with Crippen LogP contribution in [0.15, 0.2) is 41.1 Å². The molecule has 3 amide bonds. The van der Waals surface area contributed by atoms with Gasteiger partial charge in [-0.15, -0.1) is 22.7 Å². The number of thiazole rings is 1. The molecule has 162 valence electrons. The molecule has 0 aliphatic heterocycles. The number of benzene rings is 1. The van der Waals surface area contributed by atoms with Crippen LogP contribution in [0, 0.1) is 0 Å². The molecule has 11 heteroatoms. The fraction of sp³-hybridized carbons (Fsp3) is 0.200. The maximum atomic E-state index is 12.4. The van der Waals surface area contributed by atoms with Gasteiger partial charge in [-0.05, 0) is 23.6 Å². The Morgan fingerprint density at radius 1 is 1.00 bits per heavy atom. The van der Waals surface area contributed by atoms with Gasteiger partial charge in [0.25, 0.3) is 0 Å². The maximum Gasteiger partial charge on any atom is 0.244 e. The summed E-state index contributed by atoms with van der Waals surface area (Å²) in [6, 6.07) is 8.67. The molecule has 1 aromatic carbocycles. The monoisotopic (exact) mass is 496 g/mol. The molecular weight excluding hydrogens is 479 g/mol. The number of hydrogen-bond acceptors (Lipinski definition) is 6. The van der Waals surface area contributed by atoms with E-state index < -0.39 is 5.91 Å². The lowest BCUT2D eigenvalue weighted by Gasteiger charge is -2.17. The Morgan fingerprint density at radius 2 is 1.74 bits per heavy atom. The van der Waals surface area contributed by atoms with Crippen molar-refractivity contribution in [3.05, 3.63) is 61.7 Å². The highest BCUT2D eigenvalue weighted by Gasteiger charge is 2.17. The van der Waals surface area contributed by atoms with Crippen LogP contribution in [0.5, 0.6) is 0 Å². The summed E-state index contributed by atoms with van der Waals surface area (Å²) in [5.41, 5.74) is 0.821. The van der Waals surface area contributed by atoms with Crippen LogP contribution in [0.3, 0.4) is 0 Å². The summed E-state index contributed by atoms with van der Waals surface area (Å²) in [7, 11) is 1.52. The summed E-state index contributed by atoms with van der Waals surface area (Å²) in [6.07, 6.45) is 0.284. The molecule has 0 aliphatic rings. The number of amides is 3. The molecule has 0 radical (unpaired) electrons. The number of carbonyl (C=O) groups excluding carboxylic acids is 3. The minimum absolute atomic E-state index is 0.00786. The van der Waals surface area contributed by atoms with Gasteiger partial charge >= 0.3 is 0 Å². The summed E-state index contributed by atoms with van der Waals surface area (Å²) >= 11 is 14.8. The average Bonchev–Trinajstić information content (AvgIpc) is 3.37. The second-order valence-corrected chi connectivity index (χ2v) is 9.22. The largest absolute Gasteiger partial charge is 0.336 e. The molecule has 2 heterocycles. The fourth-order valence-corrected chi connectivity index (χ4v) is 4.49. The molecule has 0 bridgehead atoms. The zero-order valence-electron chi connectivity index (χ0n) is 16.4. The lowest BCUT2D eigenvalue weighted by Crippen LogP contribution is -2.36. The quantitative estimate of drug-likeness (QED) is 0.485. The first-order valence-corrected chi connectivity index (χ1v) is 11.6. The third-order valence-electron chi connectivity index (χ3n) is 4.08. The van der Waals surface area contributed by atoms with E-state index in [0.717, 1.165) is 4.88 Å². The van der Waals surface area contributed by atoms with Gasteiger partial charge in [0.2, 0.25) is 17.7 Å². The van der Waals surface area contributed by atoms with Crippen molar-refractivity contribution in [2.75, 3.05) is 24.2 Å². The molecule has 3 aromatic rings. The summed E-state index contributed by atoms with van der Waals surface area (Å²) in [5.74, 6) is -0.880. The van der Waals surface area contributed by atoms with Gasteiger partial charge in [0.1, 0.15) is 0 Å². The second-order valence-electron chi connectivity index (χ2n) is 6.52. The minimum Gasteiger partial charge on any atom is -0.336 e. The van der Waals surface area contributed by atoms with Crippen molar-refractivity contribution in [1.82, 2.24) is 9.88 Å². The third-order valence-corrected chi connectivity index (χ3v) is 6.39. The molecular formula is C20H18Cl2N4O3S2. The highest BCUT2D eigenvalue weighted by atomic mass is 35.5. The van der Waals surface area contributed by atoms with Crippen LogP contribution < -0.4 is 10.6 Å². The van der Waals surface area contributed by atoms with Crippen molar-refractivity contribution in [2.24, 2.45) is 0 Å². The zero-order valence-corrected chi connectivity index (χ0v) is 19.5. The van der Waals surface area contributed by atoms with E-state index in [1.165, 1.54) is 34.6 Å². The molecule has 2 N–H and O–H groups in total. The molecule has 0 atom stereocenters. The van der Waals surface area contributed by atoms with Gasteiger partial charge in [-0.1, -0.05) is 35.3 Å². The van der Waals surface area contributed by atoms with Crippen molar-refractivity contribution < 1.29 is 14.4 Å². The van der Waals surface area contributed by atoms with E-state index in [1.807, 2.05) is 17.5 Å². The Balaban J connectivity index is 1.49. The molecule has 3 rings (SSSR count). The molecule has 0 fully saturated rings. The van der Waals surface area contributed by atoms with E-state index in [2.05, 4.69) is 15.6 Å². The normalized spacial score (nSPS) is 10.5. The summed E-state index contributed by atoms with van der Waals surface area (Å²) in [5, 5.41) is 10.0. The Hall–Kier alpha value is -2.46. The van der Waals surface area contributed by atoms with Crippen LogP contribution in [-0.4, -0.2) is 41.2 Å². The number of hydrogen-bond donors (Lipinski definition) is 2. The standard InChI is InChI=1S/C20H18Cl2N4O3S2/c1-26(10-17(28)24-19-14(21)5-2-6-15(19)22)18(29)8-12-11-31-20(23-12)25-16(27)9-13-4-3-7-30-13/h2-7,11H,8-10H2,1H3,(H,24,28)(H,23,25,27). The van der Waals surface area contributed by atoms with E-state index in [-0.39, 0.29) is 31.2 Å². The maximum absolute atomic E-state index is 12.4. The molecule has 0 saturated heterocycles. The Morgan fingerprint density at radius 3 is 2.42 bits per heavy atom. The number of aromatic nitrogens is 1. The zero-order chi connectivity index (χ0) is 22.4. The highest BCUT2D eigenvalue weighted by molar-refractivity contribution is 7.14. The molecule has 0 unspecified atom stereocenters. The first-order valence-electron chi connectivity index (χ1n) is 9.06. The molecule has 2 aromatic heterocycles. The van der Waals surface area contributed by atoms with Crippen molar-refractivity contribution in [2.45, 2.75) is 12.8 Å². The van der Waals surface area contributed by atoms with Crippen LogP contribution in [0.4, 0.5) is 10.8 Å². The number of nitrogens with one attached hydrogen (secondary N) is 2. The van der Waals surface area contributed by atoms with Gasteiger partial charge in [0, 0.05) is 17.3 Å². The van der Waals surface area contributed by atoms with E-state index >= 15 is 0 Å². The number of halogens is 2. The van der Waals surface area contributed by atoms with Gasteiger partial charge in [0.15, 0.2) is 5.13 Å². The smallest absolute Gasteiger partial charge is 0.244 e. The Kier molecular flexibility index (Phi) is 8.03. The number of para-hydroxylation sites is 1. The Bertz CT molecular complexity index is 1070. The lowest BCUT2D eigenvalue weighted by molar-refractivity contribution is -0.132. The van der Waals surface area contributed by atoms with Gasteiger partial charge < -0.3 is 15.5 Å². The van der Waals surface area contributed by atoms with Crippen molar-refractivity contribution in [1.29, 1.82) is 0 Å². The molecule has 0 aliphatic carbocycles. The number of nitrogens with zero attached hydrogens (tertiary/aromatic N) is 2. The lowest BCUT2D eigenvalue weighted by atomic mass is 10.3. The van der Waals surface area contributed by atoms with Crippen molar-refractivity contribution >= 4 is 74.4 Å². The number of rotatable bonds is 8. The van der Waals surface area contributed by atoms with Crippen LogP contribution in [0.1, 0.15) is 10.6 Å². The van der Waals surface area contributed by atoms with Crippen LogP contribution in [0.2, 0.25) is 10.0 Å². The first-order chi connectivity index (χ1) is 14.8. The second kappa shape index (κ2) is 10.7. The number of carbonyl (C=O) groups is 3. The first kappa shape index (κ1) is 23.2. The van der Waals surface area contributed by atoms with E-state index in [9.17, 15) is 14.4 Å². The summed E-state index contributed by atoms with van der Waals surface area (Å²) in [4.78, 5) is 43.3. The van der Waals surface area contributed by atoms with Crippen molar-refractivity contribution in [3.63, 3.8) is 0 Å². The average molecular weight is 497 g/mol. The van der Waals surface area contributed by atoms with Gasteiger partial charge in [-0.3, -0.25) is 14.4 Å². The van der Waals surface area contributed by atoms with Crippen molar-refractivity contribution in [3.8, 4) is 0 Å². The summed E-state index contributed by atoms with van der Waals surface area (Å²) in [6.45, 7) is -0.172. The molecule has 31 heavy (non-hydrogen) atoms. The van der Waals surface area contributed by atoms with E-state index in [4.69, 9.17) is 23.2 Å². The predicted octanol–water partition coefficient (Wildman–Crippen LogP) is 4.33. The van der Waals surface area contributed by atoms with E-state index in [1.54, 1.807) is 23.6 Å². The van der Waals surface area contributed by atoms with Crippen LogP contribution >= 0.6 is 45.9 Å². The van der Waals surface area contributed by atoms with Gasteiger partial charge in [-0.25, -0.2) is 4.98 Å².